The SMILES string of the molecule is CC[C@@H](C)NC(=O)[C@H](C)N(Cc1ccc(F)cc1)C(=O)CC(c1ccccc1)c1ccccc1. The zero-order chi connectivity index (χ0) is 24.5. The fraction of sp³-hybridized carbons (Fsp3) is 0.310. The highest BCUT2D eigenvalue weighted by Crippen LogP contribution is 2.29. The minimum absolute atomic E-state index is 0.0131. The van der Waals surface area contributed by atoms with E-state index in [9.17, 15) is 14.0 Å². The van der Waals surface area contributed by atoms with Crippen molar-refractivity contribution in [3.63, 3.8) is 0 Å². The van der Waals surface area contributed by atoms with Gasteiger partial charge in [-0.15, -0.1) is 0 Å². The maximum atomic E-state index is 13.7. The van der Waals surface area contributed by atoms with Crippen LogP contribution in [-0.2, 0) is 16.1 Å². The van der Waals surface area contributed by atoms with Gasteiger partial charge in [-0.05, 0) is 49.1 Å². The molecule has 0 aromatic heterocycles. The van der Waals surface area contributed by atoms with Crippen LogP contribution in [0.25, 0.3) is 0 Å². The van der Waals surface area contributed by atoms with Crippen LogP contribution in [0.2, 0.25) is 0 Å². The molecule has 0 unspecified atom stereocenters. The number of rotatable bonds is 10. The van der Waals surface area contributed by atoms with Gasteiger partial charge in [0.05, 0.1) is 0 Å². The first kappa shape index (κ1) is 25.2. The lowest BCUT2D eigenvalue weighted by Crippen LogP contribution is -2.49. The van der Waals surface area contributed by atoms with Crippen LogP contribution in [-0.4, -0.2) is 28.8 Å². The molecule has 0 spiro atoms. The lowest BCUT2D eigenvalue weighted by molar-refractivity contribution is -0.141. The molecule has 0 aliphatic heterocycles. The maximum absolute atomic E-state index is 13.7. The van der Waals surface area contributed by atoms with E-state index in [1.165, 1.54) is 12.1 Å². The lowest BCUT2D eigenvalue weighted by Gasteiger charge is -2.31. The Balaban J connectivity index is 1.90. The molecule has 0 fully saturated rings. The van der Waals surface area contributed by atoms with Crippen LogP contribution in [0.1, 0.15) is 56.2 Å². The average Bonchev–Trinajstić information content (AvgIpc) is 2.87. The first-order valence-electron chi connectivity index (χ1n) is 11.8. The lowest BCUT2D eigenvalue weighted by atomic mass is 9.88. The zero-order valence-corrected chi connectivity index (χ0v) is 20.1. The largest absolute Gasteiger partial charge is 0.352 e. The zero-order valence-electron chi connectivity index (χ0n) is 20.1. The van der Waals surface area contributed by atoms with Crippen molar-refractivity contribution in [2.45, 2.75) is 58.2 Å². The van der Waals surface area contributed by atoms with E-state index in [4.69, 9.17) is 0 Å². The van der Waals surface area contributed by atoms with Crippen molar-refractivity contribution >= 4 is 11.8 Å². The molecule has 0 saturated heterocycles. The van der Waals surface area contributed by atoms with E-state index in [0.717, 1.165) is 23.1 Å². The molecule has 0 radical (unpaired) electrons. The Bertz CT molecular complexity index is 1020. The van der Waals surface area contributed by atoms with Crippen molar-refractivity contribution in [2.75, 3.05) is 0 Å². The van der Waals surface area contributed by atoms with Gasteiger partial charge in [0, 0.05) is 24.9 Å². The van der Waals surface area contributed by atoms with Crippen LogP contribution in [0.3, 0.4) is 0 Å². The molecule has 5 heteroatoms. The fourth-order valence-corrected chi connectivity index (χ4v) is 3.93. The molecule has 34 heavy (non-hydrogen) atoms. The Morgan fingerprint density at radius 1 is 0.853 bits per heavy atom. The van der Waals surface area contributed by atoms with Crippen molar-refractivity contribution in [2.24, 2.45) is 0 Å². The van der Waals surface area contributed by atoms with Gasteiger partial charge in [0.25, 0.3) is 0 Å². The van der Waals surface area contributed by atoms with E-state index in [0.29, 0.717) is 0 Å². The van der Waals surface area contributed by atoms with Crippen molar-refractivity contribution in [1.82, 2.24) is 10.2 Å². The molecule has 1 N–H and O–H groups in total. The second-order valence-corrected chi connectivity index (χ2v) is 8.72. The van der Waals surface area contributed by atoms with Crippen LogP contribution in [0, 0.1) is 5.82 Å². The third-order valence-electron chi connectivity index (χ3n) is 6.22. The molecule has 0 aliphatic carbocycles. The van der Waals surface area contributed by atoms with Crippen LogP contribution in [0.4, 0.5) is 4.39 Å². The Labute approximate surface area is 201 Å². The average molecular weight is 461 g/mol. The van der Waals surface area contributed by atoms with Crippen LogP contribution < -0.4 is 5.32 Å². The quantitative estimate of drug-likeness (QED) is 0.423. The Kier molecular flexibility index (Phi) is 8.97. The number of nitrogens with one attached hydrogen (secondary N) is 1. The van der Waals surface area contributed by atoms with Crippen molar-refractivity contribution in [1.29, 1.82) is 0 Å². The van der Waals surface area contributed by atoms with Gasteiger partial charge >= 0.3 is 0 Å². The molecule has 3 rings (SSSR count). The predicted molar refractivity (Wildman–Crippen MR) is 134 cm³/mol. The molecule has 3 aromatic rings. The minimum Gasteiger partial charge on any atom is -0.352 e. The molecular formula is C29H33FN2O2. The number of benzene rings is 3. The number of amides is 2. The number of carbonyl (C=O) groups excluding carboxylic acids is 2. The number of nitrogens with zero attached hydrogens (tertiary/aromatic N) is 1. The summed E-state index contributed by atoms with van der Waals surface area (Å²) < 4.78 is 13.5. The van der Waals surface area contributed by atoms with E-state index >= 15 is 0 Å². The summed E-state index contributed by atoms with van der Waals surface area (Å²) in [5.74, 6) is -0.803. The van der Waals surface area contributed by atoms with Gasteiger partial charge in [0.15, 0.2) is 0 Å². The molecule has 2 atom stereocenters. The van der Waals surface area contributed by atoms with Gasteiger partial charge in [-0.25, -0.2) is 4.39 Å². The predicted octanol–water partition coefficient (Wildman–Crippen LogP) is 5.68. The third kappa shape index (κ3) is 6.77. The molecule has 0 saturated carbocycles. The number of carbonyl (C=O) groups is 2. The van der Waals surface area contributed by atoms with Gasteiger partial charge in [-0.1, -0.05) is 79.7 Å². The van der Waals surface area contributed by atoms with E-state index in [-0.39, 0.29) is 42.6 Å². The van der Waals surface area contributed by atoms with Gasteiger partial charge in [0.2, 0.25) is 11.8 Å². The molecule has 3 aromatic carbocycles. The summed E-state index contributed by atoms with van der Waals surface area (Å²) in [6.45, 7) is 5.92. The van der Waals surface area contributed by atoms with E-state index in [2.05, 4.69) is 5.32 Å². The first-order valence-corrected chi connectivity index (χ1v) is 11.8. The minimum atomic E-state index is -0.668. The maximum Gasteiger partial charge on any atom is 0.242 e. The second kappa shape index (κ2) is 12.1. The summed E-state index contributed by atoms with van der Waals surface area (Å²) in [7, 11) is 0. The summed E-state index contributed by atoms with van der Waals surface area (Å²) in [4.78, 5) is 28.3. The number of hydrogen-bond acceptors (Lipinski definition) is 2. The van der Waals surface area contributed by atoms with E-state index in [1.54, 1.807) is 24.0 Å². The van der Waals surface area contributed by atoms with Crippen LogP contribution >= 0.6 is 0 Å². The third-order valence-corrected chi connectivity index (χ3v) is 6.22. The normalized spacial score (nSPS) is 12.7. The Hall–Kier alpha value is -3.47. The molecular weight excluding hydrogens is 427 g/mol. The standard InChI is InChI=1S/C29H33FN2O2/c1-4-21(2)31-29(34)22(3)32(20-23-15-17-26(30)18-16-23)28(33)19-27(24-11-7-5-8-12-24)25-13-9-6-10-14-25/h5-18,21-22,27H,4,19-20H2,1-3H3,(H,31,34)/t21-,22+/m1/s1. The van der Waals surface area contributed by atoms with Gasteiger partial charge in [0.1, 0.15) is 11.9 Å². The number of hydrogen-bond donors (Lipinski definition) is 1. The molecule has 0 aliphatic rings. The van der Waals surface area contributed by atoms with E-state index < -0.39 is 6.04 Å². The summed E-state index contributed by atoms with van der Waals surface area (Å²) in [6, 6.07) is 25.3. The Morgan fingerprint density at radius 3 is 1.88 bits per heavy atom. The summed E-state index contributed by atoms with van der Waals surface area (Å²) in [5.41, 5.74) is 2.86. The van der Waals surface area contributed by atoms with Crippen molar-refractivity contribution in [3.05, 3.63) is 107 Å². The molecule has 0 bridgehead atoms. The highest BCUT2D eigenvalue weighted by atomic mass is 19.1. The highest BCUT2D eigenvalue weighted by Gasteiger charge is 2.29. The van der Waals surface area contributed by atoms with Crippen LogP contribution in [0.5, 0.6) is 0 Å². The monoisotopic (exact) mass is 460 g/mol. The van der Waals surface area contributed by atoms with Gasteiger partial charge < -0.3 is 10.2 Å². The summed E-state index contributed by atoms with van der Waals surface area (Å²) in [5, 5.41) is 2.98. The summed E-state index contributed by atoms with van der Waals surface area (Å²) >= 11 is 0. The van der Waals surface area contributed by atoms with Crippen LogP contribution in [0.15, 0.2) is 84.9 Å². The Morgan fingerprint density at radius 2 is 1.38 bits per heavy atom. The molecule has 0 heterocycles. The first-order chi connectivity index (χ1) is 16.4. The smallest absolute Gasteiger partial charge is 0.242 e. The second-order valence-electron chi connectivity index (χ2n) is 8.72. The molecule has 4 nitrogen and oxygen atoms in total. The van der Waals surface area contributed by atoms with Crippen molar-refractivity contribution < 1.29 is 14.0 Å². The van der Waals surface area contributed by atoms with Gasteiger partial charge in [-0.3, -0.25) is 9.59 Å². The van der Waals surface area contributed by atoms with E-state index in [1.807, 2.05) is 74.5 Å². The highest BCUT2D eigenvalue weighted by molar-refractivity contribution is 5.88. The fourth-order valence-electron chi connectivity index (χ4n) is 3.93. The van der Waals surface area contributed by atoms with Crippen molar-refractivity contribution in [3.8, 4) is 0 Å². The topological polar surface area (TPSA) is 49.4 Å². The molecule has 2 amide bonds. The van der Waals surface area contributed by atoms with Gasteiger partial charge in [-0.2, -0.15) is 0 Å². The number of halogens is 1. The summed E-state index contributed by atoms with van der Waals surface area (Å²) in [6.07, 6.45) is 1.02. The molecule has 178 valence electrons.